The van der Waals surface area contributed by atoms with Crippen molar-refractivity contribution in [3.05, 3.63) is 46.2 Å². The van der Waals surface area contributed by atoms with Gasteiger partial charge in [0.05, 0.1) is 23.3 Å². The standard InChI is InChI=1S/C15H20N4OS/c1-11(14-10-21-12(2)18-14)17-15(20)9-19(3)8-13-4-6-16-7-5-13/h4-7,10-11H,8-9H2,1-3H3,(H,17,20)/t11-/m0/s1. The number of amides is 1. The van der Waals surface area contributed by atoms with E-state index < -0.39 is 0 Å². The van der Waals surface area contributed by atoms with Crippen LogP contribution in [-0.2, 0) is 11.3 Å². The molecule has 0 saturated heterocycles. The highest BCUT2D eigenvalue weighted by Gasteiger charge is 2.13. The summed E-state index contributed by atoms with van der Waals surface area (Å²) in [5, 5.41) is 5.98. The Bertz CT molecular complexity index is 584. The monoisotopic (exact) mass is 304 g/mol. The number of hydrogen-bond donors (Lipinski definition) is 1. The van der Waals surface area contributed by atoms with E-state index in [4.69, 9.17) is 0 Å². The molecule has 1 N–H and O–H groups in total. The lowest BCUT2D eigenvalue weighted by atomic mass is 10.2. The van der Waals surface area contributed by atoms with Crippen LogP contribution >= 0.6 is 11.3 Å². The van der Waals surface area contributed by atoms with E-state index in [1.54, 1.807) is 23.7 Å². The zero-order valence-electron chi connectivity index (χ0n) is 12.5. The molecule has 0 fully saturated rings. The van der Waals surface area contributed by atoms with Gasteiger partial charge in [0.15, 0.2) is 0 Å². The molecule has 0 aliphatic rings. The molecule has 0 spiro atoms. The summed E-state index contributed by atoms with van der Waals surface area (Å²) in [6, 6.07) is 3.85. The van der Waals surface area contributed by atoms with Crippen molar-refractivity contribution in [2.75, 3.05) is 13.6 Å². The summed E-state index contributed by atoms with van der Waals surface area (Å²) in [5.74, 6) is 0.00436. The van der Waals surface area contributed by atoms with E-state index in [2.05, 4.69) is 15.3 Å². The Hall–Kier alpha value is -1.79. The Morgan fingerprint density at radius 2 is 2.14 bits per heavy atom. The minimum absolute atomic E-state index is 0.00436. The van der Waals surface area contributed by atoms with Gasteiger partial charge < -0.3 is 5.32 Å². The Labute approximate surface area is 129 Å². The Morgan fingerprint density at radius 1 is 1.43 bits per heavy atom. The van der Waals surface area contributed by atoms with Crippen molar-refractivity contribution in [1.29, 1.82) is 0 Å². The molecule has 2 heterocycles. The minimum Gasteiger partial charge on any atom is -0.347 e. The maximum absolute atomic E-state index is 12.0. The second-order valence-electron chi connectivity index (χ2n) is 5.11. The summed E-state index contributed by atoms with van der Waals surface area (Å²) in [5.41, 5.74) is 2.06. The SMILES string of the molecule is Cc1nc([C@H](C)NC(=O)CN(C)Cc2ccncc2)cs1. The fourth-order valence-corrected chi connectivity index (χ4v) is 2.75. The van der Waals surface area contributed by atoms with E-state index >= 15 is 0 Å². The number of likely N-dealkylation sites (N-methyl/N-ethyl adjacent to an activating group) is 1. The second kappa shape index (κ2) is 7.28. The second-order valence-corrected chi connectivity index (χ2v) is 6.17. The van der Waals surface area contributed by atoms with Crippen LogP contribution in [0.2, 0.25) is 0 Å². The van der Waals surface area contributed by atoms with Crippen LogP contribution in [0.15, 0.2) is 29.9 Å². The first kappa shape index (κ1) is 15.6. The largest absolute Gasteiger partial charge is 0.347 e. The van der Waals surface area contributed by atoms with E-state index in [9.17, 15) is 4.79 Å². The quantitative estimate of drug-likeness (QED) is 0.888. The lowest BCUT2D eigenvalue weighted by Gasteiger charge is -2.18. The number of carbonyl (C=O) groups excluding carboxylic acids is 1. The number of rotatable bonds is 6. The predicted octanol–water partition coefficient (Wildman–Crippen LogP) is 2.16. The van der Waals surface area contributed by atoms with Gasteiger partial charge >= 0.3 is 0 Å². The number of aromatic nitrogens is 2. The fraction of sp³-hybridized carbons (Fsp3) is 0.400. The van der Waals surface area contributed by atoms with Crippen molar-refractivity contribution in [3.63, 3.8) is 0 Å². The molecule has 112 valence electrons. The first-order chi connectivity index (χ1) is 10.0. The van der Waals surface area contributed by atoms with Gasteiger partial charge in [-0.15, -0.1) is 11.3 Å². The summed E-state index contributed by atoms with van der Waals surface area (Å²) in [6.45, 7) is 5.00. The molecule has 2 aromatic heterocycles. The van der Waals surface area contributed by atoms with Crippen molar-refractivity contribution < 1.29 is 4.79 Å². The molecule has 0 unspecified atom stereocenters. The van der Waals surface area contributed by atoms with Crippen LogP contribution < -0.4 is 5.32 Å². The molecule has 1 amide bonds. The van der Waals surface area contributed by atoms with E-state index in [1.165, 1.54) is 0 Å². The van der Waals surface area contributed by atoms with Crippen LogP contribution in [-0.4, -0.2) is 34.4 Å². The zero-order chi connectivity index (χ0) is 15.2. The molecule has 0 aliphatic carbocycles. The van der Waals surface area contributed by atoms with Crippen molar-refractivity contribution in [3.8, 4) is 0 Å². The maximum atomic E-state index is 12.0. The van der Waals surface area contributed by atoms with Gasteiger partial charge in [-0.1, -0.05) is 0 Å². The lowest BCUT2D eigenvalue weighted by Crippen LogP contribution is -2.36. The number of hydrogen-bond acceptors (Lipinski definition) is 5. The molecule has 0 radical (unpaired) electrons. The van der Waals surface area contributed by atoms with Gasteiger partial charge in [-0.25, -0.2) is 4.98 Å². The maximum Gasteiger partial charge on any atom is 0.234 e. The van der Waals surface area contributed by atoms with Gasteiger partial charge in [0.1, 0.15) is 0 Å². The molecule has 21 heavy (non-hydrogen) atoms. The first-order valence-electron chi connectivity index (χ1n) is 6.83. The molecular weight excluding hydrogens is 284 g/mol. The van der Waals surface area contributed by atoms with Crippen LogP contribution in [0.4, 0.5) is 0 Å². The average Bonchev–Trinajstić information content (AvgIpc) is 2.86. The number of nitrogens with one attached hydrogen (secondary N) is 1. The Morgan fingerprint density at radius 3 is 2.76 bits per heavy atom. The summed E-state index contributed by atoms with van der Waals surface area (Å²) in [7, 11) is 1.93. The smallest absolute Gasteiger partial charge is 0.234 e. The molecule has 0 bridgehead atoms. The number of nitrogens with zero attached hydrogens (tertiary/aromatic N) is 3. The predicted molar refractivity (Wildman–Crippen MR) is 84.0 cm³/mol. The minimum atomic E-state index is -0.0585. The fourth-order valence-electron chi connectivity index (χ4n) is 2.04. The van der Waals surface area contributed by atoms with Gasteiger partial charge in [-0.2, -0.15) is 0 Å². The molecule has 2 rings (SSSR count). The van der Waals surface area contributed by atoms with Crippen LogP contribution in [0.3, 0.4) is 0 Å². The summed E-state index contributed by atoms with van der Waals surface area (Å²) >= 11 is 1.60. The Balaban J connectivity index is 1.81. The average molecular weight is 304 g/mol. The van der Waals surface area contributed by atoms with Crippen LogP contribution in [0.25, 0.3) is 0 Å². The molecule has 5 nitrogen and oxygen atoms in total. The van der Waals surface area contributed by atoms with Gasteiger partial charge in [-0.05, 0) is 38.6 Å². The normalized spacial score (nSPS) is 12.4. The third kappa shape index (κ3) is 4.91. The third-order valence-corrected chi connectivity index (χ3v) is 3.87. The van der Waals surface area contributed by atoms with E-state index in [-0.39, 0.29) is 11.9 Å². The van der Waals surface area contributed by atoms with Gasteiger partial charge in [0.2, 0.25) is 5.91 Å². The molecule has 2 aromatic rings. The van der Waals surface area contributed by atoms with Crippen molar-refractivity contribution in [1.82, 2.24) is 20.2 Å². The number of aryl methyl sites for hydroxylation is 1. The van der Waals surface area contributed by atoms with E-state index in [1.807, 2.05) is 43.3 Å². The highest BCUT2D eigenvalue weighted by Crippen LogP contribution is 2.15. The highest BCUT2D eigenvalue weighted by atomic mass is 32.1. The van der Waals surface area contributed by atoms with Crippen LogP contribution in [0, 0.1) is 6.92 Å². The van der Waals surface area contributed by atoms with Crippen LogP contribution in [0.1, 0.15) is 29.2 Å². The van der Waals surface area contributed by atoms with Gasteiger partial charge in [0.25, 0.3) is 0 Å². The molecular formula is C15H20N4OS. The Kier molecular flexibility index (Phi) is 5.41. The van der Waals surface area contributed by atoms with Gasteiger partial charge in [0, 0.05) is 24.3 Å². The molecule has 6 heteroatoms. The highest BCUT2D eigenvalue weighted by molar-refractivity contribution is 7.09. The van der Waals surface area contributed by atoms with E-state index in [0.717, 1.165) is 22.8 Å². The summed E-state index contributed by atoms with van der Waals surface area (Å²) < 4.78 is 0. The molecule has 0 saturated carbocycles. The lowest BCUT2D eigenvalue weighted by molar-refractivity contribution is -0.122. The van der Waals surface area contributed by atoms with Crippen molar-refractivity contribution in [2.45, 2.75) is 26.4 Å². The number of pyridine rings is 1. The number of thiazole rings is 1. The first-order valence-corrected chi connectivity index (χ1v) is 7.71. The molecule has 0 aliphatic heterocycles. The van der Waals surface area contributed by atoms with E-state index in [0.29, 0.717) is 6.54 Å². The zero-order valence-corrected chi connectivity index (χ0v) is 13.4. The number of carbonyl (C=O) groups is 1. The summed E-state index contributed by atoms with van der Waals surface area (Å²) in [4.78, 5) is 22.4. The molecule has 0 aromatic carbocycles. The topological polar surface area (TPSA) is 58.1 Å². The van der Waals surface area contributed by atoms with Crippen LogP contribution in [0.5, 0.6) is 0 Å². The summed E-state index contributed by atoms with van der Waals surface area (Å²) in [6.07, 6.45) is 3.52. The van der Waals surface area contributed by atoms with Gasteiger partial charge in [-0.3, -0.25) is 14.7 Å². The molecule has 1 atom stereocenters. The third-order valence-electron chi connectivity index (χ3n) is 3.07. The van der Waals surface area contributed by atoms with Crippen molar-refractivity contribution in [2.24, 2.45) is 0 Å². The van der Waals surface area contributed by atoms with Crippen molar-refractivity contribution >= 4 is 17.2 Å².